The number of carbonyl (C=O) groups is 2. The van der Waals surface area contributed by atoms with Crippen molar-refractivity contribution in [3.8, 4) is 0 Å². The maximum Gasteiger partial charge on any atom is 0.267 e. The molecular weight excluding hydrogens is 408 g/mol. The first kappa shape index (κ1) is 21.1. The molecule has 2 aromatic carbocycles. The molecule has 0 spiro atoms. The van der Waals surface area contributed by atoms with Crippen molar-refractivity contribution in [2.75, 3.05) is 5.32 Å². The molecular formula is C20H25BrN4O2. The second kappa shape index (κ2) is 9.12. The van der Waals surface area contributed by atoms with Crippen molar-refractivity contribution >= 4 is 33.4 Å². The molecule has 0 radical (unpaired) electrons. The second-order valence-corrected chi connectivity index (χ2v) is 8.10. The Morgan fingerprint density at radius 3 is 2.37 bits per heavy atom. The van der Waals surface area contributed by atoms with E-state index >= 15 is 0 Å². The lowest BCUT2D eigenvalue weighted by molar-refractivity contribution is -0.123. The highest BCUT2D eigenvalue weighted by Gasteiger charge is 2.25. The zero-order valence-electron chi connectivity index (χ0n) is 15.7. The number of hydrogen-bond donors (Lipinski definition) is 4. The Bertz CT molecular complexity index is 817. The molecule has 2 rings (SSSR count). The molecule has 2 amide bonds. The third-order valence-electron chi connectivity index (χ3n) is 3.91. The fourth-order valence-electron chi connectivity index (χ4n) is 2.34. The molecule has 0 aromatic heterocycles. The van der Waals surface area contributed by atoms with Crippen molar-refractivity contribution in [1.82, 2.24) is 10.9 Å². The summed E-state index contributed by atoms with van der Waals surface area (Å²) in [4.78, 5) is 25.2. The van der Waals surface area contributed by atoms with Gasteiger partial charge in [0, 0.05) is 23.0 Å². The summed E-state index contributed by atoms with van der Waals surface area (Å²) in [6, 6.07) is 13.2. The van der Waals surface area contributed by atoms with Crippen molar-refractivity contribution in [2.45, 2.75) is 33.9 Å². The zero-order valence-corrected chi connectivity index (χ0v) is 17.3. The van der Waals surface area contributed by atoms with E-state index in [9.17, 15) is 9.59 Å². The standard InChI is InChI=1S/C20H25BrN4O2/c1-20(2,3)19(27)24-17-14(11-22)9-15(21)10-16(17)18(26)25-23-12-13-7-5-4-6-8-13/h4-10,23H,11-12,22H2,1-3H3,(H,24,27)(H,25,26). The van der Waals surface area contributed by atoms with Crippen LogP contribution in [0.3, 0.4) is 0 Å². The van der Waals surface area contributed by atoms with Gasteiger partial charge in [-0.15, -0.1) is 0 Å². The lowest BCUT2D eigenvalue weighted by Gasteiger charge is -2.21. The third kappa shape index (κ3) is 5.89. The summed E-state index contributed by atoms with van der Waals surface area (Å²) in [5, 5.41) is 2.86. The number of hydrazine groups is 1. The number of carbonyl (C=O) groups excluding carboxylic acids is 2. The SMILES string of the molecule is CC(C)(C)C(=O)Nc1c(CN)cc(Br)cc1C(=O)NNCc1ccccc1. The number of nitrogens with two attached hydrogens (primary N) is 1. The van der Waals surface area contributed by atoms with Crippen molar-refractivity contribution in [3.05, 3.63) is 63.6 Å². The number of nitrogens with one attached hydrogen (secondary N) is 3. The molecule has 0 aliphatic carbocycles. The van der Waals surface area contributed by atoms with Gasteiger partial charge in [0.05, 0.1) is 11.3 Å². The molecule has 0 unspecified atom stereocenters. The van der Waals surface area contributed by atoms with Gasteiger partial charge in [0.1, 0.15) is 0 Å². The molecule has 0 saturated carbocycles. The first-order valence-electron chi connectivity index (χ1n) is 8.63. The Morgan fingerprint density at radius 2 is 1.78 bits per heavy atom. The molecule has 5 N–H and O–H groups in total. The summed E-state index contributed by atoms with van der Waals surface area (Å²) in [6.07, 6.45) is 0. The Labute approximate surface area is 168 Å². The summed E-state index contributed by atoms with van der Waals surface area (Å²) < 4.78 is 0.713. The first-order chi connectivity index (χ1) is 12.7. The van der Waals surface area contributed by atoms with Crippen molar-refractivity contribution < 1.29 is 9.59 Å². The Balaban J connectivity index is 2.21. The van der Waals surface area contributed by atoms with Crippen LogP contribution in [0.1, 0.15) is 42.3 Å². The van der Waals surface area contributed by atoms with Gasteiger partial charge in [0.15, 0.2) is 0 Å². The monoisotopic (exact) mass is 432 g/mol. The molecule has 0 aliphatic rings. The largest absolute Gasteiger partial charge is 0.326 e. The van der Waals surface area contributed by atoms with Crippen LogP contribution in [0.15, 0.2) is 46.9 Å². The van der Waals surface area contributed by atoms with Gasteiger partial charge in [-0.25, -0.2) is 5.43 Å². The lowest BCUT2D eigenvalue weighted by atomic mass is 9.95. The summed E-state index contributed by atoms with van der Waals surface area (Å²) in [6.45, 7) is 6.10. The minimum atomic E-state index is -0.599. The van der Waals surface area contributed by atoms with Crippen LogP contribution in [0.5, 0.6) is 0 Å². The maximum atomic E-state index is 12.7. The van der Waals surface area contributed by atoms with Gasteiger partial charge in [0.25, 0.3) is 5.91 Å². The molecule has 6 nitrogen and oxygen atoms in total. The van der Waals surface area contributed by atoms with E-state index in [4.69, 9.17) is 5.73 Å². The van der Waals surface area contributed by atoms with Crippen molar-refractivity contribution in [3.63, 3.8) is 0 Å². The molecule has 144 valence electrons. The molecule has 0 aliphatic heterocycles. The van der Waals surface area contributed by atoms with Crippen LogP contribution in [0, 0.1) is 5.41 Å². The first-order valence-corrected chi connectivity index (χ1v) is 9.42. The number of halogens is 1. The smallest absolute Gasteiger partial charge is 0.267 e. The van der Waals surface area contributed by atoms with E-state index < -0.39 is 5.41 Å². The highest BCUT2D eigenvalue weighted by Crippen LogP contribution is 2.28. The highest BCUT2D eigenvalue weighted by molar-refractivity contribution is 9.10. The van der Waals surface area contributed by atoms with E-state index in [2.05, 4.69) is 32.1 Å². The molecule has 0 atom stereocenters. The van der Waals surface area contributed by atoms with Crippen LogP contribution >= 0.6 is 15.9 Å². The maximum absolute atomic E-state index is 12.7. The van der Waals surface area contributed by atoms with Crippen molar-refractivity contribution in [2.24, 2.45) is 11.1 Å². The molecule has 7 heteroatoms. The van der Waals surface area contributed by atoms with Gasteiger partial charge >= 0.3 is 0 Å². The average Bonchev–Trinajstić information content (AvgIpc) is 2.62. The van der Waals surface area contributed by atoms with Crippen LogP contribution < -0.4 is 21.9 Å². The third-order valence-corrected chi connectivity index (χ3v) is 4.36. The predicted octanol–water partition coefficient (Wildman–Crippen LogP) is 3.33. The van der Waals surface area contributed by atoms with E-state index in [0.717, 1.165) is 5.56 Å². The summed E-state index contributed by atoms with van der Waals surface area (Å²) in [5.74, 6) is -0.544. The molecule has 27 heavy (non-hydrogen) atoms. The number of benzene rings is 2. The number of rotatable bonds is 6. The van der Waals surface area contributed by atoms with Crippen LogP contribution in [0.4, 0.5) is 5.69 Å². The summed E-state index contributed by atoms with van der Waals surface area (Å²) >= 11 is 3.40. The number of amides is 2. The Kier molecular flexibility index (Phi) is 7.12. The highest BCUT2D eigenvalue weighted by atomic mass is 79.9. The Morgan fingerprint density at radius 1 is 1.11 bits per heavy atom. The van der Waals surface area contributed by atoms with E-state index in [1.807, 2.05) is 51.1 Å². The second-order valence-electron chi connectivity index (χ2n) is 7.19. The summed E-state index contributed by atoms with van der Waals surface area (Å²) in [7, 11) is 0. The van der Waals surface area contributed by atoms with Gasteiger partial charge in [-0.05, 0) is 23.3 Å². The quantitative estimate of drug-likeness (QED) is 0.526. The lowest BCUT2D eigenvalue weighted by Crippen LogP contribution is -2.38. The van der Waals surface area contributed by atoms with Gasteiger partial charge in [0.2, 0.25) is 5.91 Å². The molecule has 0 fully saturated rings. The summed E-state index contributed by atoms with van der Waals surface area (Å²) in [5.41, 5.74) is 13.3. The van der Waals surface area contributed by atoms with Gasteiger partial charge in [-0.3, -0.25) is 15.0 Å². The van der Waals surface area contributed by atoms with E-state index in [1.165, 1.54) is 0 Å². The topological polar surface area (TPSA) is 96.2 Å². The van der Waals surface area contributed by atoms with E-state index in [1.54, 1.807) is 12.1 Å². The van der Waals surface area contributed by atoms with Crippen LogP contribution in [-0.2, 0) is 17.9 Å². The normalized spacial score (nSPS) is 11.1. The van der Waals surface area contributed by atoms with Gasteiger partial charge in [-0.1, -0.05) is 67.0 Å². The predicted molar refractivity (Wildman–Crippen MR) is 111 cm³/mol. The van der Waals surface area contributed by atoms with E-state index in [0.29, 0.717) is 27.8 Å². The minimum Gasteiger partial charge on any atom is -0.326 e. The Hall–Kier alpha value is -2.22. The molecule has 0 saturated heterocycles. The fourth-order valence-corrected chi connectivity index (χ4v) is 2.85. The molecule has 0 bridgehead atoms. The number of anilines is 1. The minimum absolute atomic E-state index is 0.189. The van der Waals surface area contributed by atoms with Crippen LogP contribution in [-0.4, -0.2) is 11.8 Å². The van der Waals surface area contributed by atoms with E-state index in [-0.39, 0.29) is 18.4 Å². The number of hydrogen-bond acceptors (Lipinski definition) is 4. The van der Waals surface area contributed by atoms with Crippen molar-refractivity contribution in [1.29, 1.82) is 0 Å². The average molecular weight is 433 g/mol. The van der Waals surface area contributed by atoms with Gasteiger partial charge < -0.3 is 11.1 Å². The zero-order chi connectivity index (χ0) is 20.0. The van der Waals surface area contributed by atoms with Gasteiger partial charge in [-0.2, -0.15) is 0 Å². The van der Waals surface area contributed by atoms with Crippen LogP contribution in [0.2, 0.25) is 0 Å². The van der Waals surface area contributed by atoms with Crippen LogP contribution in [0.25, 0.3) is 0 Å². The molecule has 0 heterocycles. The fraction of sp³-hybridized carbons (Fsp3) is 0.300. The molecule has 2 aromatic rings.